The summed E-state index contributed by atoms with van der Waals surface area (Å²) in [5.74, 6) is 1.46. The van der Waals surface area contributed by atoms with E-state index in [1.165, 1.54) is 68.3 Å². The fourth-order valence-electron chi connectivity index (χ4n) is 4.55. The smallest absolute Gasteiger partial charge is 0.146 e. The number of allylic oxidation sites excluding steroid dienone is 1. The molecule has 4 heteroatoms. The summed E-state index contributed by atoms with van der Waals surface area (Å²) in [5.41, 5.74) is 6.90. The molecule has 154 valence electrons. The molecule has 1 atom stereocenters. The third-order valence-electron chi connectivity index (χ3n) is 6.17. The summed E-state index contributed by atoms with van der Waals surface area (Å²) in [6.45, 7) is 2.29. The molecule has 0 saturated heterocycles. The van der Waals surface area contributed by atoms with Crippen molar-refractivity contribution in [1.82, 2.24) is 9.97 Å². The molecule has 0 spiro atoms. The molecule has 0 amide bonds. The van der Waals surface area contributed by atoms with Gasteiger partial charge < -0.3 is 14.7 Å². The van der Waals surface area contributed by atoms with E-state index in [0.29, 0.717) is 5.92 Å². The molecule has 2 bridgehead atoms. The van der Waals surface area contributed by atoms with Crippen LogP contribution in [0, 0.1) is 0 Å². The molecule has 2 aromatic heterocycles. The fraction of sp³-hybridized carbons (Fsp3) is 0.480. The molecule has 2 N–H and O–H groups in total. The molecule has 2 aliphatic rings. The van der Waals surface area contributed by atoms with Crippen LogP contribution in [0.1, 0.15) is 86.9 Å². The Labute approximate surface area is 174 Å². The van der Waals surface area contributed by atoms with Crippen molar-refractivity contribution in [2.24, 2.45) is 4.99 Å². The van der Waals surface area contributed by atoms with Crippen molar-refractivity contribution < 1.29 is 4.74 Å². The molecule has 1 aliphatic heterocycles. The number of methoxy groups -OCH3 is 1. The number of hydrogen-bond acceptors (Lipinski definition) is 2. The van der Waals surface area contributed by atoms with Gasteiger partial charge in [0.2, 0.25) is 0 Å². The Bertz CT molecular complexity index is 899. The van der Waals surface area contributed by atoms with Gasteiger partial charge in [-0.25, -0.2) is 4.99 Å². The van der Waals surface area contributed by atoms with E-state index < -0.39 is 0 Å². The van der Waals surface area contributed by atoms with Crippen molar-refractivity contribution >= 4 is 11.8 Å². The zero-order valence-electron chi connectivity index (χ0n) is 17.8. The minimum absolute atomic E-state index is 0.633. The first-order chi connectivity index (χ1) is 14.3. The third-order valence-corrected chi connectivity index (χ3v) is 6.17. The molecule has 3 heterocycles. The van der Waals surface area contributed by atoms with Crippen LogP contribution in [0.2, 0.25) is 0 Å². The van der Waals surface area contributed by atoms with Crippen molar-refractivity contribution in [3.05, 3.63) is 64.6 Å². The Kier molecular flexibility index (Phi) is 6.38. The van der Waals surface area contributed by atoms with Crippen LogP contribution >= 0.6 is 0 Å². The lowest BCUT2D eigenvalue weighted by atomic mass is 9.87. The normalized spacial score (nSPS) is 21.2. The molecule has 1 aliphatic carbocycles. The Hall–Kier alpha value is -2.49. The predicted molar refractivity (Wildman–Crippen MR) is 120 cm³/mol. The number of unbranched alkanes of at least 4 members (excludes halogenated alkanes) is 1. The maximum absolute atomic E-state index is 5.65. The number of hydrogen-bond donors (Lipinski definition) is 2. The zero-order valence-corrected chi connectivity index (χ0v) is 17.8. The molecular weight excluding hydrogens is 358 g/mol. The second-order valence-corrected chi connectivity index (χ2v) is 8.28. The number of aliphatic imine (C=N–C) groups is 1. The standard InChI is InChI=1S/C25H33N3O/c1-3-4-10-18-11-7-5-6-8-12-19-15-20(18)22(27-19)16-24-25(29-2)17-23(28-24)21-13-9-14-26-21/h9,13-18,26-27H,3-8,10-12H2,1-2H3. The largest absolute Gasteiger partial charge is 0.494 e. The van der Waals surface area contributed by atoms with Crippen LogP contribution < -0.4 is 0 Å². The third kappa shape index (κ3) is 4.58. The number of aromatic nitrogens is 2. The van der Waals surface area contributed by atoms with E-state index in [0.717, 1.165) is 29.3 Å². The Morgan fingerprint density at radius 3 is 2.93 bits per heavy atom. The van der Waals surface area contributed by atoms with Crippen LogP contribution in [0.25, 0.3) is 6.08 Å². The quantitative estimate of drug-likeness (QED) is 0.580. The van der Waals surface area contributed by atoms with E-state index in [4.69, 9.17) is 9.73 Å². The highest BCUT2D eigenvalue weighted by atomic mass is 16.5. The average Bonchev–Trinajstić information content (AvgIpc) is 3.47. The molecule has 29 heavy (non-hydrogen) atoms. The second-order valence-electron chi connectivity index (χ2n) is 8.28. The van der Waals surface area contributed by atoms with Gasteiger partial charge >= 0.3 is 0 Å². The SMILES string of the molecule is CCCCC1CCCCCCc2cc1c(C=C1N=C(c3ccc[nH]3)C=C1OC)[nH]2. The zero-order chi connectivity index (χ0) is 20.1. The van der Waals surface area contributed by atoms with Crippen LogP contribution in [-0.4, -0.2) is 22.8 Å². The summed E-state index contributed by atoms with van der Waals surface area (Å²) in [6.07, 6.45) is 17.7. The Morgan fingerprint density at radius 1 is 1.24 bits per heavy atom. The highest BCUT2D eigenvalue weighted by molar-refractivity contribution is 6.11. The van der Waals surface area contributed by atoms with E-state index in [2.05, 4.69) is 29.0 Å². The molecule has 0 radical (unpaired) electrons. The van der Waals surface area contributed by atoms with Crippen molar-refractivity contribution in [3.63, 3.8) is 0 Å². The number of nitrogens with zero attached hydrogens (tertiary/aromatic N) is 1. The number of H-pyrrole nitrogens is 2. The first kappa shape index (κ1) is 19.8. The fourth-order valence-corrected chi connectivity index (χ4v) is 4.55. The highest BCUT2D eigenvalue weighted by Crippen LogP contribution is 2.35. The molecule has 0 saturated carbocycles. The van der Waals surface area contributed by atoms with E-state index in [1.807, 2.05) is 24.4 Å². The summed E-state index contributed by atoms with van der Waals surface area (Å²) in [4.78, 5) is 11.8. The molecule has 4 rings (SSSR count). The molecule has 0 aromatic carbocycles. The van der Waals surface area contributed by atoms with E-state index in [-0.39, 0.29) is 0 Å². The van der Waals surface area contributed by atoms with Crippen molar-refractivity contribution in [3.8, 4) is 0 Å². The van der Waals surface area contributed by atoms with E-state index in [1.54, 1.807) is 7.11 Å². The van der Waals surface area contributed by atoms with Gasteiger partial charge in [-0.3, -0.25) is 0 Å². The van der Waals surface area contributed by atoms with Gasteiger partial charge in [-0.2, -0.15) is 0 Å². The van der Waals surface area contributed by atoms with Gasteiger partial charge in [0.05, 0.1) is 18.5 Å². The van der Waals surface area contributed by atoms with Crippen LogP contribution in [0.15, 0.2) is 46.9 Å². The van der Waals surface area contributed by atoms with Gasteiger partial charge in [0.15, 0.2) is 0 Å². The van der Waals surface area contributed by atoms with Crippen molar-refractivity contribution in [2.75, 3.05) is 7.11 Å². The van der Waals surface area contributed by atoms with Crippen LogP contribution in [0.3, 0.4) is 0 Å². The summed E-state index contributed by atoms with van der Waals surface area (Å²) >= 11 is 0. The van der Waals surface area contributed by atoms with Gasteiger partial charge in [-0.15, -0.1) is 0 Å². The Balaban J connectivity index is 1.70. The summed E-state index contributed by atoms with van der Waals surface area (Å²) in [5, 5.41) is 0. The van der Waals surface area contributed by atoms with Crippen LogP contribution in [0.5, 0.6) is 0 Å². The maximum atomic E-state index is 5.65. The minimum atomic E-state index is 0.633. The van der Waals surface area contributed by atoms with E-state index >= 15 is 0 Å². The lowest BCUT2D eigenvalue weighted by Crippen LogP contribution is -2.01. The summed E-state index contributed by atoms with van der Waals surface area (Å²) in [7, 11) is 1.72. The number of aromatic amines is 2. The molecule has 0 fully saturated rings. The monoisotopic (exact) mass is 391 g/mol. The van der Waals surface area contributed by atoms with Gasteiger partial charge in [0, 0.05) is 23.7 Å². The van der Waals surface area contributed by atoms with Gasteiger partial charge in [-0.1, -0.05) is 39.0 Å². The second kappa shape index (κ2) is 9.34. The number of ether oxygens (including phenoxy) is 1. The molecule has 1 unspecified atom stereocenters. The predicted octanol–water partition coefficient (Wildman–Crippen LogP) is 6.50. The molecule has 2 aromatic rings. The lowest BCUT2D eigenvalue weighted by molar-refractivity contribution is 0.303. The average molecular weight is 392 g/mol. The van der Waals surface area contributed by atoms with Crippen molar-refractivity contribution in [1.29, 1.82) is 0 Å². The Morgan fingerprint density at radius 2 is 2.14 bits per heavy atom. The lowest BCUT2D eigenvalue weighted by Gasteiger charge is -2.17. The van der Waals surface area contributed by atoms with Gasteiger partial charge in [-0.05, 0) is 61.4 Å². The first-order valence-corrected chi connectivity index (χ1v) is 11.2. The highest BCUT2D eigenvalue weighted by Gasteiger charge is 2.21. The minimum Gasteiger partial charge on any atom is -0.494 e. The number of fused-ring (bicyclic) bond motifs is 2. The van der Waals surface area contributed by atoms with E-state index in [9.17, 15) is 0 Å². The number of rotatable bonds is 6. The summed E-state index contributed by atoms with van der Waals surface area (Å²) in [6, 6.07) is 6.47. The van der Waals surface area contributed by atoms with Crippen LogP contribution in [-0.2, 0) is 11.2 Å². The molecular formula is C25H33N3O. The first-order valence-electron chi connectivity index (χ1n) is 11.2. The topological polar surface area (TPSA) is 53.2 Å². The van der Waals surface area contributed by atoms with Gasteiger partial charge in [0.1, 0.15) is 11.5 Å². The number of aryl methyl sites for hydroxylation is 1. The van der Waals surface area contributed by atoms with Gasteiger partial charge in [0.25, 0.3) is 0 Å². The maximum Gasteiger partial charge on any atom is 0.146 e. The summed E-state index contributed by atoms with van der Waals surface area (Å²) < 4.78 is 5.65. The van der Waals surface area contributed by atoms with Crippen LogP contribution in [0.4, 0.5) is 0 Å². The molecule has 4 nitrogen and oxygen atoms in total. The number of nitrogens with one attached hydrogen (secondary N) is 2. The van der Waals surface area contributed by atoms with Crippen molar-refractivity contribution in [2.45, 2.75) is 70.6 Å².